The maximum absolute atomic E-state index is 12.0. The molecule has 0 heterocycles. The highest BCUT2D eigenvalue weighted by Gasteiger charge is 2.16. The zero-order chi connectivity index (χ0) is 13.0. The third-order valence-corrected chi connectivity index (χ3v) is 3.58. The molecule has 3 heteroatoms. The molecule has 1 saturated carbocycles. The molecule has 1 N–H and O–H groups in total. The summed E-state index contributed by atoms with van der Waals surface area (Å²) in [7, 11) is 0. The second kappa shape index (κ2) is 5.80. The lowest BCUT2D eigenvalue weighted by atomic mass is 9.89. The van der Waals surface area contributed by atoms with E-state index in [2.05, 4.69) is 17.5 Å². The molecule has 1 fully saturated rings. The van der Waals surface area contributed by atoms with E-state index >= 15 is 0 Å². The van der Waals surface area contributed by atoms with Gasteiger partial charge in [0.2, 0.25) is 0 Å². The van der Waals surface area contributed by atoms with Gasteiger partial charge in [0, 0.05) is 11.3 Å². The smallest absolute Gasteiger partial charge is 0.267 e. The SMILES string of the molecule is Cc1ccccc1C(=O)N/N=C1/CCCC[C@@H]1C. The molecule has 1 atom stereocenters. The molecule has 18 heavy (non-hydrogen) atoms. The van der Waals surface area contributed by atoms with Crippen LogP contribution < -0.4 is 5.43 Å². The second-order valence-electron chi connectivity index (χ2n) is 5.01. The van der Waals surface area contributed by atoms with E-state index in [1.165, 1.54) is 19.3 Å². The fourth-order valence-corrected chi connectivity index (χ4v) is 2.35. The lowest BCUT2D eigenvalue weighted by Gasteiger charge is -2.19. The average molecular weight is 244 g/mol. The van der Waals surface area contributed by atoms with Gasteiger partial charge in [0.15, 0.2) is 0 Å². The Bertz CT molecular complexity index is 465. The van der Waals surface area contributed by atoms with Gasteiger partial charge in [0.05, 0.1) is 0 Å². The van der Waals surface area contributed by atoms with E-state index in [1.807, 2.05) is 31.2 Å². The number of rotatable bonds is 2. The zero-order valence-corrected chi connectivity index (χ0v) is 11.1. The standard InChI is InChI=1S/C15H20N2O/c1-11-7-3-5-9-13(11)15(18)17-16-14-10-6-4-8-12(14)2/h3,5,7,9,12H,4,6,8,10H2,1-2H3,(H,17,18)/b16-14-/t12-/m0/s1. The van der Waals surface area contributed by atoms with Crippen LogP contribution in [0, 0.1) is 12.8 Å². The molecule has 1 aliphatic carbocycles. The van der Waals surface area contributed by atoms with Gasteiger partial charge in [0.1, 0.15) is 0 Å². The van der Waals surface area contributed by atoms with Crippen molar-refractivity contribution in [3.05, 3.63) is 35.4 Å². The fourth-order valence-electron chi connectivity index (χ4n) is 2.35. The number of nitrogens with one attached hydrogen (secondary N) is 1. The number of carbonyl (C=O) groups is 1. The van der Waals surface area contributed by atoms with Crippen LogP contribution in [0.15, 0.2) is 29.4 Å². The van der Waals surface area contributed by atoms with Crippen LogP contribution in [0.5, 0.6) is 0 Å². The number of carbonyl (C=O) groups excluding carboxylic acids is 1. The summed E-state index contributed by atoms with van der Waals surface area (Å²) in [5.41, 5.74) is 5.49. The Labute approximate surface area is 108 Å². The number of nitrogens with zero attached hydrogens (tertiary/aromatic N) is 1. The molecular weight excluding hydrogens is 224 g/mol. The van der Waals surface area contributed by atoms with E-state index in [9.17, 15) is 4.79 Å². The molecule has 0 bridgehead atoms. The number of benzene rings is 1. The highest BCUT2D eigenvalue weighted by Crippen LogP contribution is 2.20. The van der Waals surface area contributed by atoms with Crippen molar-refractivity contribution in [1.82, 2.24) is 5.43 Å². The summed E-state index contributed by atoms with van der Waals surface area (Å²) in [5, 5.41) is 4.30. The van der Waals surface area contributed by atoms with Crippen molar-refractivity contribution in [2.75, 3.05) is 0 Å². The molecule has 1 aliphatic rings. The first-order valence-electron chi connectivity index (χ1n) is 6.61. The van der Waals surface area contributed by atoms with Crippen molar-refractivity contribution in [2.45, 2.75) is 39.5 Å². The highest BCUT2D eigenvalue weighted by molar-refractivity contribution is 5.97. The lowest BCUT2D eigenvalue weighted by Crippen LogP contribution is -2.24. The Morgan fingerprint density at radius 1 is 1.33 bits per heavy atom. The maximum atomic E-state index is 12.0. The minimum atomic E-state index is -0.113. The predicted molar refractivity (Wildman–Crippen MR) is 73.7 cm³/mol. The average Bonchev–Trinajstić information content (AvgIpc) is 2.38. The van der Waals surface area contributed by atoms with Crippen molar-refractivity contribution in [3.63, 3.8) is 0 Å². The third-order valence-electron chi connectivity index (χ3n) is 3.58. The van der Waals surface area contributed by atoms with Gasteiger partial charge >= 0.3 is 0 Å². The molecule has 3 nitrogen and oxygen atoms in total. The Kier molecular flexibility index (Phi) is 4.13. The van der Waals surface area contributed by atoms with Crippen LogP contribution in [0.2, 0.25) is 0 Å². The third kappa shape index (κ3) is 2.97. The molecule has 0 aliphatic heterocycles. The van der Waals surface area contributed by atoms with Gasteiger partial charge in [-0.1, -0.05) is 31.5 Å². The molecule has 1 aromatic rings. The Morgan fingerprint density at radius 2 is 2.11 bits per heavy atom. The van der Waals surface area contributed by atoms with E-state index in [1.54, 1.807) is 0 Å². The molecule has 96 valence electrons. The summed E-state index contributed by atoms with van der Waals surface area (Å²) in [6, 6.07) is 7.57. The molecule has 0 unspecified atom stereocenters. The quantitative estimate of drug-likeness (QED) is 0.797. The fraction of sp³-hybridized carbons (Fsp3) is 0.467. The van der Waals surface area contributed by atoms with Crippen molar-refractivity contribution >= 4 is 11.6 Å². The van der Waals surface area contributed by atoms with Crippen LogP contribution in [0.25, 0.3) is 0 Å². The van der Waals surface area contributed by atoms with Gasteiger partial charge in [-0.05, 0) is 43.7 Å². The van der Waals surface area contributed by atoms with Gasteiger partial charge in [-0.25, -0.2) is 5.43 Å². The molecular formula is C15H20N2O. The number of amides is 1. The van der Waals surface area contributed by atoms with Crippen LogP contribution in [-0.4, -0.2) is 11.6 Å². The number of hydrogen-bond acceptors (Lipinski definition) is 2. The lowest BCUT2D eigenvalue weighted by molar-refractivity contribution is 0.0954. The van der Waals surface area contributed by atoms with Crippen molar-refractivity contribution < 1.29 is 4.79 Å². The van der Waals surface area contributed by atoms with E-state index in [0.717, 1.165) is 17.7 Å². The van der Waals surface area contributed by atoms with Crippen molar-refractivity contribution in [1.29, 1.82) is 0 Å². The van der Waals surface area contributed by atoms with Gasteiger partial charge < -0.3 is 0 Å². The minimum Gasteiger partial charge on any atom is -0.267 e. The van der Waals surface area contributed by atoms with Crippen LogP contribution in [0.1, 0.15) is 48.5 Å². The molecule has 0 saturated heterocycles. The largest absolute Gasteiger partial charge is 0.271 e. The monoisotopic (exact) mass is 244 g/mol. The number of aryl methyl sites for hydroxylation is 1. The van der Waals surface area contributed by atoms with Crippen molar-refractivity contribution in [2.24, 2.45) is 11.0 Å². The van der Waals surface area contributed by atoms with E-state index in [-0.39, 0.29) is 5.91 Å². The molecule has 0 radical (unpaired) electrons. The molecule has 2 rings (SSSR count). The van der Waals surface area contributed by atoms with Crippen LogP contribution >= 0.6 is 0 Å². The van der Waals surface area contributed by atoms with E-state index < -0.39 is 0 Å². The first kappa shape index (κ1) is 12.8. The van der Waals surface area contributed by atoms with Gasteiger partial charge in [0.25, 0.3) is 5.91 Å². The maximum Gasteiger partial charge on any atom is 0.271 e. The van der Waals surface area contributed by atoms with E-state index in [0.29, 0.717) is 11.5 Å². The summed E-state index contributed by atoms with van der Waals surface area (Å²) >= 11 is 0. The van der Waals surface area contributed by atoms with Crippen LogP contribution in [-0.2, 0) is 0 Å². The zero-order valence-electron chi connectivity index (χ0n) is 11.1. The normalized spacial score (nSPS) is 21.9. The minimum absolute atomic E-state index is 0.113. The topological polar surface area (TPSA) is 41.5 Å². The van der Waals surface area contributed by atoms with Gasteiger partial charge in [-0.2, -0.15) is 5.10 Å². The Balaban J connectivity index is 2.04. The Morgan fingerprint density at radius 3 is 2.83 bits per heavy atom. The number of hydrazone groups is 1. The van der Waals surface area contributed by atoms with Gasteiger partial charge in [-0.15, -0.1) is 0 Å². The summed E-state index contributed by atoms with van der Waals surface area (Å²) in [4.78, 5) is 12.0. The first-order valence-corrected chi connectivity index (χ1v) is 6.61. The highest BCUT2D eigenvalue weighted by atomic mass is 16.2. The predicted octanol–water partition coefficient (Wildman–Crippen LogP) is 3.29. The first-order chi connectivity index (χ1) is 8.68. The number of hydrogen-bond donors (Lipinski definition) is 1. The van der Waals surface area contributed by atoms with Gasteiger partial charge in [-0.3, -0.25) is 4.79 Å². The molecule has 1 aromatic carbocycles. The molecule has 1 amide bonds. The summed E-state index contributed by atoms with van der Waals surface area (Å²) < 4.78 is 0. The van der Waals surface area contributed by atoms with Crippen molar-refractivity contribution in [3.8, 4) is 0 Å². The van der Waals surface area contributed by atoms with E-state index in [4.69, 9.17) is 0 Å². The summed E-state index contributed by atoms with van der Waals surface area (Å²) in [6.45, 7) is 4.11. The Hall–Kier alpha value is -1.64. The van der Waals surface area contributed by atoms with Crippen LogP contribution in [0.3, 0.4) is 0 Å². The molecule has 0 aromatic heterocycles. The second-order valence-corrected chi connectivity index (χ2v) is 5.01. The molecule has 0 spiro atoms. The van der Waals surface area contributed by atoms with Crippen LogP contribution in [0.4, 0.5) is 0 Å². The summed E-state index contributed by atoms with van der Waals surface area (Å²) in [5.74, 6) is 0.384. The summed E-state index contributed by atoms with van der Waals surface area (Å²) in [6.07, 6.45) is 4.64.